The Bertz CT molecular complexity index is 1160. The van der Waals surface area contributed by atoms with Crippen molar-refractivity contribution in [3.63, 3.8) is 0 Å². The molecule has 2 N–H and O–H groups in total. The van der Waals surface area contributed by atoms with Gasteiger partial charge in [0.15, 0.2) is 0 Å². The van der Waals surface area contributed by atoms with Gasteiger partial charge in [0.05, 0.1) is 17.1 Å². The Morgan fingerprint density at radius 3 is 2.55 bits per heavy atom. The Labute approximate surface area is 168 Å². The number of carbonyl (C=O) groups is 2. The predicted molar refractivity (Wildman–Crippen MR) is 112 cm³/mol. The highest BCUT2D eigenvalue weighted by molar-refractivity contribution is 6.39. The summed E-state index contributed by atoms with van der Waals surface area (Å²) in [5.41, 5.74) is 4.09. The first-order valence-electron chi connectivity index (χ1n) is 9.81. The molecule has 1 heterocycles. The van der Waals surface area contributed by atoms with Crippen molar-refractivity contribution >= 4 is 28.5 Å². The lowest BCUT2D eigenvalue weighted by Crippen LogP contribution is -2.37. The molecule has 2 aromatic carbocycles. The third-order valence-electron chi connectivity index (χ3n) is 5.66. The minimum atomic E-state index is -0.716. The van der Waals surface area contributed by atoms with E-state index in [0.29, 0.717) is 11.2 Å². The summed E-state index contributed by atoms with van der Waals surface area (Å²) < 4.78 is 3.05. The van der Waals surface area contributed by atoms with Gasteiger partial charge in [-0.1, -0.05) is 30.7 Å². The highest BCUT2D eigenvalue weighted by Crippen LogP contribution is 2.28. The first-order valence-corrected chi connectivity index (χ1v) is 9.81. The quantitative estimate of drug-likeness (QED) is 0.519. The van der Waals surface area contributed by atoms with Crippen LogP contribution in [-0.4, -0.2) is 20.9 Å². The zero-order valence-corrected chi connectivity index (χ0v) is 16.6. The van der Waals surface area contributed by atoms with Crippen molar-refractivity contribution in [2.45, 2.75) is 31.7 Å². The first-order chi connectivity index (χ1) is 14.0. The number of anilines is 1. The Kier molecular flexibility index (Phi) is 4.96. The van der Waals surface area contributed by atoms with E-state index in [1.54, 1.807) is 32.3 Å². The fraction of sp³-hybridized carbons (Fsp3) is 0.318. The second-order valence-electron chi connectivity index (χ2n) is 7.53. The zero-order valence-electron chi connectivity index (χ0n) is 16.6. The third kappa shape index (κ3) is 3.55. The van der Waals surface area contributed by atoms with Crippen molar-refractivity contribution in [3.8, 4) is 0 Å². The van der Waals surface area contributed by atoms with Gasteiger partial charge in [-0.05, 0) is 48.6 Å². The zero-order chi connectivity index (χ0) is 20.5. The van der Waals surface area contributed by atoms with E-state index in [4.69, 9.17) is 0 Å². The van der Waals surface area contributed by atoms with Crippen LogP contribution in [0.4, 0.5) is 5.69 Å². The maximum Gasteiger partial charge on any atom is 0.328 e. The topological polar surface area (TPSA) is 85.1 Å². The maximum atomic E-state index is 12.5. The molecule has 0 fully saturated rings. The molecule has 7 nitrogen and oxygen atoms in total. The fourth-order valence-corrected chi connectivity index (χ4v) is 4.07. The minimum absolute atomic E-state index is 0.145. The molecule has 0 saturated heterocycles. The Hall–Kier alpha value is -3.35. The van der Waals surface area contributed by atoms with Gasteiger partial charge in [0, 0.05) is 19.8 Å². The smallest absolute Gasteiger partial charge is 0.328 e. The van der Waals surface area contributed by atoms with Crippen LogP contribution in [0.1, 0.15) is 36.4 Å². The number of carbonyl (C=O) groups excluding carboxylic acids is 2. The van der Waals surface area contributed by atoms with Gasteiger partial charge in [0.1, 0.15) is 0 Å². The van der Waals surface area contributed by atoms with E-state index in [0.717, 1.165) is 36.8 Å². The number of hydrogen-bond acceptors (Lipinski definition) is 3. The molecule has 1 aliphatic carbocycles. The van der Waals surface area contributed by atoms with Crippen molar-refractivity contribution in [2.24, 2.45) is 14.1 Å². The highest BCUT2D eigenvalue weighted by Gasteiger charge is 2.23. The number of rotatable bonds is 2. The third-order valence-corrected chi connectivity index (χ3v) is 5.66. The molecule has 29 heavy (non-hydrogen) atoms. The normalized spacial score (nSPS) is 16.1. The van der Waals surface area contributed by atoms with E-state index in [1.165, 1.54) is 14.7 Å². The van der Waals surface area contributed by atoms with E-state index >= 15 is 0 Å². The Balaban J connectivity index is 1.50. The number of aromatic nitrogens is 2. The van der Waals surface area contributed by atoms with Gasteiger partial charge in [0.25, 0.3) is 0 Å². The lowest BCUT2D eigenvalue weighted by molar-refractivity contribution is -0.136. The molecule has 1 unspecified atom stereocenters. The van der Waals surface area contributed by atoms with Crippen LogP contribution in [0.15, 0.2) is 47.3 Å². The van der Waals surface area contributed by atoms with E-state index < -0.39 is 11.8 Å². The van der Waals surface area contributed by atoms with Gasteiger partial charge < -0.3 is 10.6 Å². The molecule has 150 valence electrons. The first kappa shape index (κ1) is 19.0. The molecule has 2 amide bonds. The molecule has 0 aliphatic heterocycles. The summed E-state index contributed by atoms with van der Waals surface area (Å²) in [5.74, 6) is -1.37. The summed E-state index contributed by atoms with van der Waals surface area (Å²) in [7, 11) is 3.37. The molecule has 1 atom stereocenters. The molecular formula is C22H24N4O3. The summed E-state index contributed by atoms with van der Waals surface area (Å²) in [4.78, 5) is 37.1. The average molecular weight is 392 g/mol. The van der Waals surface area contributed by atoms with Gasteiger partial charge in [-0.15, -0.1) is 0 Å². The standard InChI is InChI=1S/C22H24N4O3/c1-25-18-12-11-15(13-19(18)26(2)22(25)29)23-20(27)21(28)24-17-10-6-4-8-14-7-3-5-9-16(14)17/h3,5,7,9,11-13,17H,4,6,8,10H2,1-2H3,(H,23,27)(H,24,28). The summed E-state index contributed by atoms with van der Waals surface area (Å²) in [6.45, 7) is 0. The number of nitrogens with one attached hydrogen (secondary N) is 2. The summed E-state index contributed by atoms with van der Waals surface area (Å²) in [6.07, 6.45) is 3.88. The highest BCUT2D eigenvalue weighted by atomic mass is 16.2. The number of amides is 2. The van der Waals surface area contributed by atoms with Crippen molar-refractivity contribution in [1.29, 1.82) is 0 Å². The van der Waals surface area contributed by atoms with Gasteiger partial charge in [0.2, 0.25) is 0 Å². The van der Waals surface area contributed by atoms with Crippen LogP contribution in [0, 0.1) is 0 Å². The molecule has 1 aromatic heterocycles. The summed E-state index contributed by atoms with van der Waals surface area (Å²) in [5, 5.41) is 5.53. The minimum Gasteiger partial charge on any atom is -0.341 e. The number of benzene rings is 2. The van der Waals surface area contributed by atoms with Gasteiger partial charge in [-0.3, -0.25) is 18.7 Å². The average Bonchev–Trinajstić information content (AvgIpc) is 2.87. The monoisotopic (exact) mass is 392 g/mol. The molecule has 3 aromatic rings. The van der Waals surface area contributed by atoms with Crippen LogP contribution in [-0.2, 0) is 30.1 Å². The Morgan fingerprint density at radius 1 is 0.966 bits per heavy atom. The van der Waals surface area contributed by atoms with E-state index in [1.807, 2.05) is 18.2 Å². The van der Waals surface area contributed by atoms with E-state index in [-0.39, 0.29) is 11.7 Å². The SMILES string of the molecule is Cn1c(=O)n(C)c2cc(NC(=O)C(=O)NC3CCCCc4ccccc43)ccc21. The second kappa shape index (κ2) is 7.58. The maximum absolute atomic E-state index is 12.5. The van der Waals surface area contributed by atoms with Crippen LogP contribution in [0.25, 0.3) is 11.0 Å². The van der Waals surface area contributed by atoms with E-state index in [9.17, 15) is 14.4 Å². The molecule has 0 spiro atoms. The van der Waals surface area contributed by atoms with Crippen molar-refractivity contribution in [2.75, 3.05) is 5.32 Å². The number of nitrogens with zero attached hydrogens (tertiary/aromatic N) is 2. The van der Waals surface area contributed by atoms with Crippen molar-refractivity contribution in [1.82, 2.24) is 14.5 Å². The van der Waals surface area contributed by atoms with Crippen LogP contribution < -0.4 is 16.3 Å². The summed E-state index contributed by atoms with van der Waals surface area (Å²) in [6, 6.07) is 13.0. The number of aryl methyl sites for hydroxylation is 3. The lowest BCUT2D eigenvalue weighted by atomic mass is 9.99. The van der Waals surface area contributed by atoms with Crippen LogP contribution in [0.5, 0.6) is 0 Å². The molecule has 0 saturated carbocycles. The second-order valence-corrected chi connectivity index (χ2v) is 7.53. The largest absolute Gasteiger partial charge is 0.341 e. The van der Waals surface area contributed by atoms with Crippen LogP contribution >= 0.6 is 0 Å². The van der Waals surface area contributed by atoms with Crippen molar-refractivity contribution in [3.05, 3.63) is 64.1 Å². The van der Waals surface area contributed by atoms with Gasteiger partial charge >= 0.3 is 17.5 Å². The lowest BCUT2D eigenvalue weighted by Gasteiger charge is -2.19. The molecule has 4 rings (SSSR count). The van der Waals surface area contributed by atoms with E-state index in [2.05, 4.69) is 16.7 Å². The van der Waals surface area contributed by atoms with Crippen LogP contribution in [0.2, 0.25) is 0 Å². The van der Waals surface area contributed by atoms with Gasteiger partial charge in [-0.2, -0.15) is 0 Å². The van der Waals surface area contributed by atoms with Crippen molar-refractivity contribution < 1.29 is 9.59 Å². The molecule has 0 bridgehead atoms. The fourth-order valence-electron chi connectivity index (χ4n) is 4.07. The molecular weight excluding hydrogens is 368 g/mol. The van der Waals surface area contributed by atoms with Crippen LogP contribution in [0.3, 0.4) is 0 Å². The Morgan fingerprint density at radius 2 is 1.72 bits per heavy atom. The predicted octanol–water partition coefficient (Wildman–Crippen LogP) is 2.40. The molecule has 0 radical (unpaired) electrons. The van der Waals surface area contributed by atoms with Gasteiger partial charge in [-0.25, -0.2) is 4.79 Å². The summed E-state index contributed by atoms with van der Waals surface area (Å²) >= 11 is 0. The number of imidazole rings is 1. The molecule has 7 heteroatoms. The number of hydrogen-bond donors (Lipinski definition) is 2. The molecule has 1 aliphatic rings. The number of fused-ring (bicyclic) bond motifs is 2.